The minimum Gasteiger partial charge on any atom is -0.465 e. The van der Waals surface area contributed by atoms with Crippen molar-refractivity contribution in [1.82, 2.24) is 9.97 Å². The number of aromatic nitrogens is 2. The van der Waals surface area contributed by atoms with Crippen LogP contribution < -0.4 is 16.4 Å². The number of rotatable bonds is 6. The van der Waals surface area contributed by atoms with Crippen LogP contribution in [0, 0.1) is 6.92 Å². The van der Waals surface area contributed by atoms with Gasteiger partial charge < -0.3 is 20.8 Å². The number of hydrogen-bond acceptors (Lipinski definition) is 6. The van der Waals surface area contributed by atoms with E-state index in [-0.39, 0.29) is 0 Å². The first-order chi connectivity index (χ1) is 8.78. The van der Waals surface area contributed by atoms with E-state index in [2.05, 4.69) is 20.6 Å². The molecule has 2 heterocycles. The van der Waals surface area contributed by atoms with Gasteiger partial charge in [-0.25, -0.2) is 4.98 Å². The molecule has 2 aromatic heterocycles. The predicted molar refractivity (Wildman–Crippen MR) is 70.3 cm³/mol. The molecule has 0 spiro atoms. The van der Waals surface area contributed by atoms with E-state index in [4.69, 9.17) is 10.2 Å². The van der Waals surface area contributed by atoms with Crippen LogP contribution >= 0.6 is 0 Å². The lowest BCUT2D eigenvalue weighted by Gasteiger charge is -2.06. The van der Waals surface area contributed by atoms with E-state index in [1.807, 2.05) is 25.1 Å². The van der Waals surface area contributed by atoms with Gasteiger partial charge in [0, 0.05) is 19.3 Å². The maximum absolute atomic E-state index is 5.46. The number of nitrogens with one attached hydrogen (secondary N) is 2. The van der Waals surface area contributed by atoms with E-state index in [0.717, 1.165) is 17.3 Å². The Morgan fingerprint density at radius 3 is 2.89 bits per heavy atom. The molecule has 96 valence electrons. The Morgan fingerprint density at radius 2 is 2.17 bits per heavy atom. The molecule has 0 aliphatic heterocycles. The summed E-state index contributed by atoms with van der Waals surface area (Å²) in [7, 11) is 0. The van der Waals surface area contributed by atoms with Crippen molar-refractivity contribution in [2.45, 2.75) is 13.5 Å². The van der Waals surface area contributed by atoms with Gasteiger partial charge in [-0.1, -0.05) is 0 Å². The highest BCUT2D eigenvalue weighted by Gasteiger charge is 2.01. The Labute approximate surface area is 106 Å². The molecule has 18 heavy (non-hydrogen) atoms. The lowest BCUT2D eigenvalue weighted by Crippen LogP contribution is -2.15. The summed E-state index contributed by atoms with van der Waals surface area (Å²) >= 11 is 0. The smallest absolute Gasteiger partial charge is 0.224 e. The monoisotopic (exact) mass is 247 g/mol. The highest BCUT2D eigenvalue weighted by Crippen LogP contribution is 2.10. The molecule has 2 aromatic rings. The largest absolute Gasteiger partial charge is 0.465 e. The summed E-state index contributed by atoms with van der Waals surface area (Å²) in [6.07, 6.45) is 1.70. The van der Waals surface area contributed by atoms with Crippen LogP contribution in [0.2, 0.25) is 0 Å². The van der Waals surface area contributed by atoms with Gasteiger partial charge in [0.2, 0.25) is 5.95 Å². The van der Waals surface area contributed by atoms with Crippen LogP contribution in [0.1, 0.15) is 11.5 Å². The third-order valence-electron chi connectivity index (χ3n) is 2.32. The standard InChI is InChI=1S/C12H17N5O/c1-9-2-3-10(18-9)8-16-11-4-6-14-12(17-11)15-7-5-13/h2-4,6H,5,7-8,13H2,1H3,(H2,14,15,16,17). The normalized spacial score (nSPS) is 10.3. The second-order valence-electron chi connectivity index (χ2n) is 3.85. The van der Waals surface area contributed by atoms with E-state index < -0.39 is 0 Å². The maximum atomic E-state index is 5.46. The summed E-state index contributed by atoms with van der Waals surface area (Å²) < 4.78 is 5.46. The first kappa shape index (κ1) is 12.4. The van der Waals surface area contributed by atoms with Crippen LogP contribution in [-0.4, -0.2) is 23.1 Å². The van der Waals surface area contributed by atoms with Gasteiger partial charge in [0.15, 0.2) is 0 Å². The lowest BCUT2D eigenvalue weighted by molar-refractivity contribution is 0.490. The van der Waals surface area contributed by atoms with Gasteiger partial charge in [0.05, 0.1) is 6.54 Å². The number of anilines is 2. The second kappa shape index (κ2) is 6.02. The van der Waals surface area contributed by atoms with Crippen LogP contribution in [-0.2, 0) is 6.54 Å². The summed E-state index contributed by atoms with van der Waals surface area (Å²) in [5.41, 5.74) is 5.41. The summed E-state index contributed by atoms with van der Waals surface area (Å²) in [5, 5.41) is 6.20. The average molecular weight is 247 g/mol. The summed E-state index contributed by atoms with van der Waals surface area (Å²) in [6.45, 7) is 3.72. The fourth-order valence-electron chi connectivity index (χ4n) is 1.48. The lowest BCUT2D eigenvalue weighted by atomic mass is 10.4. The summed E-state index contributed by atoms with van der Waals surface area (Å²) in [6, 6.07) is 5.69. The van der Waals surface area contributed by atoms with Crippen molar-refractivity contribution in [2.24, 2.45) is 5.73 Å². The molecular weight excluding hydrogens is 230 g/mol. The first-order valence-electron chi connectivity index (χ1n) is 5.84. The minimum atomic E-state index is 0.548. The molecule has 0 fully saturated rings. The minimum absolute atomic E-state index is 0.548. The fraction of sp³-hybridized carbons (Fsp3) is 0.333. The van der Waals surface area contributed by atoms with E-state index >= 15 is 0 Å². The third-order valence-corrected chi connectivity index (χ3v) is 2.32. The van der Waals surface area contributed by atoms with Gasteiger partial charge in [-0.05, 0) is 25.1 Å². The number of nitrogens with two attached hydrogens (primary N) is 1. The molecule has 0 aromatic carbocycles. The van der Waals surface area contributed by atoms with E-state index in [1.54, 1.807) is 6.20 Å². The molecule has 0 atom stereocenters. The van der Waals surface area contributed by atoms with Crippen LogP contribution in [0.25, 0.3) is 0 Å². The van der Waals surface area contributed by atoms with Crippen molar-refractivity contribution in [1.29, 1.82) is 0 Å². The van der Waals surface area contributed by atoms with E-state index in [1.165, 1.54) is 0 Å². The van der Waals surface area contributed by atoms with Gasteiger partial charge >= 0.3 is 0 Å². The SMILES string of the molecule is Cc1ccc(CNc2ccnc(NCCN)n2)o1. The molecule has 2 rings (SSSR count). The number of hydrogen-bond donors (Lipinski definition) is 3. The van der Waals surface area contributed by atoms with Gasteiger partial charge in [0.25, 0.3) is 0 Å². The van der Waals surface area contributed by atoms with Crippen LogP contribution in [0.4, 0.5) is 11.8 Å². The highest BCUT2D eigenvalue weighted by atomic mass is 16.3. The molecule has 0 saturated heterocycles. The molecular formula is C12H17N5O. The van der Waals surface area contributed by atoms with Crippen molar-refractivity contribution < 1.29 is 4.42 Å². The quantitative estimate of drug-likeness (QED) is 0.714. The van der Waals surface area contributed by atoms with E-state index in [9.17, 15) is 0 Å². The summed E-state index contributed by atoms with van der Waals surface area (Å²) in [4.78, 5) is 8.40. The molecule has 0 saturated carbocycles. The van der Waals surface area contributed by atoms with Crippen molar-refractivity contribution in [3.05, 3.63) is 35.9 Å². The van der Waals surface area contributed by atoms with Crippen molar-refractivity contribution in [2.75, 3.05) is 23.7 Å². The predicted octanol–water partition coefficient (Wildman–Crippen LogP) is 1.36. The summed E-state index contributed by atoms with van der Waals surface area (Å²) in [5.74, 6) is 3.10. The second-order valence-corrected chi connectivity index (χ2v) is 3.85. The van der Waals surface area contributed by atoms with Gasteiger partial charge in [-0.15, -0.1) is 0 Å². The van der Waals surface area contributed by atoms with Crippen molar-refractivity contribution >= 4 is 11.8 Å². The molecule has 0 aliphatic rings. The number of nitrogens with zero attached hydrogens (tertiary/aromatic N) is 2. The van der Waals surface area contributed by atoms with Crippen LogP contribution in [0.5, 0.6) is 0 Å². The highest BCUT2D eigenvalue weighted by molar-refractivity contribution is 5.39. The molecule has 4 N–H and O–H groups in total. The number of furan rings is 1. The zero-order valence-corrected chi connectivity index (χ0v) is 10.3. The van der Waals surface area contributed by atoms with Gasteiger partial charge in [0.1, 0.15) is 17.3 Å². The fourth-order valence-corrected chi connectivity index (χ4v) is 1.48. The third kappa shape index (κ3) is 3.46. The Kier molecular flexibility index (Phi) is 4.14. The zero-order chi connectivity index (χ0) is 12.8. The molecule has 6 heteroatoms. The molecule has 0 radical (unpaired) electrons. The Balaban J connectivity index is 1.92. The van der Waals surface area contributed by atoms with E-state index in [0.29, 0.717) is 25.6 Å². The molecule has 0 amide bonds. The molecule has 0 aliphatic carbocycles. The zero-order valence-electron chi connectivity index (χ0n) is 10.3. The van der Waals surface area contributed by atoms with Crippen molar-refractivity contribution in [3.8, 4) is 0 Å². The maximum Gasteiger partial charge on any atom is 0.224 e. The van der Waals surface area contributed by atoms with Crippen molar-refractivity contribution in [3.63, 3.8) is 0 Å². The first-order valence-corrected chi connectivity index (χ1v) is 5.84. The van der Waals surface area contributed by atoms with Crippen LogP contribution in [0.3, 0.4) is 0 Å². The molecule has 0 bridgehead atoms. The topological polar surface area (TPSA) is 89.0 Å². The van der Waals surface area contributed by atoms with Gasteiger partial charge in [-0.2, -0.15) is 4.98 Å². The Bertz CT molecular complexity index is 497. The molecule has 0 unspecified atom stereocenters. The van der Waals surface area contributed by atoms with Gasteiger partial charge in [-0.3, -0.25) is 0 Å². The molecule has 6 nitrogen and oxygen atoms in total. The van der Waals surface area contributed by atoms with Crippen LogP contribution in [0.15, 0.2) is 28.8 Å². The average Bonchev–Trinajstić information content (AvgIpc) is 2.80. The Morgan fingerprint density at radius 1 is 1.28 bits per heavy atom. The Hall–Kier alpha value is -2.08. The number of aryl methyl sites for hydroxylation is 1.